The molecule has 0 radical (unpaired) electrons. The second kappa shape index (κ2) is 13.0. The number of aromatic nitrogens is 1. The number of fused-ring (bicyclic) bond motifs is 2. The van der Waals surface area contributed by atoms with Crippen LogP contribution in [0.2, 0.25) is 0 Å². The Balaban J connectivity index is 1.58. The van der Waals surface area contributed by atoms with Gasteiger partial charge in [0.15, 0.2) is 5.76 Å². The van der Waals surface area contributed by atoms with E-state index in [9.17, 15) is 9.59 Å². The number of hydrogen-bond donors (Lipinski definition) is 0. The molecular weight excluding hydrogens is 518 g/mol. The van der Waals surface area contributed by atoms with Gasteiger partial charge in [-0.3, -0.25) is 14.6 Å². The topological polar surface area (TPSA) is 85.1 Å². The Labute approximate surface area is 240 Å². The number of pyridine rings is 1. The van der Waals surface area contributed by atoms with E-state index in [0.29, 0.717) is 36.7 Å². The third kappa shape index (κ3) is 6.28. The molecule has 0 N–H and O–H groups in total. The van der Waals surface area contributed by atoms with Gasteiger partial charge in [-0.2, -0.15) is 0 Å². The predicted octanol–water partition coefficient (Wildman–Crippen LogP) is 6.40. The normalized spacial score (nSPS) is 14.7. The molecule has 0 aliphatic carbocycles. The first-order chi connectivity index (χ1) is 20.0. The van der Waals surface area contributed by atoms with E-state index in [4.69, 9.17) is 13.9 Å². The van der Waals surface area contributed by atoms with Crippen LogP contribution in [0, 0.1) is 6.92 Å². The molecule has 8 heteroatoms. The van der Waals surface area contributed by atoms with Crippen LogP contribution in [0.25, 0.3) is 22.1 Å². The van der Waals surface area contributed by atoms with Gasteiger partial charge in [-0.1, -0.05) is 31.4 Å². The number of benzene rings is 2. The van der Waals surface area contributed by atoms with Gasteiger partial charge in [0.1, 0.15) is 17.9 Å². The molecule has 0 saturated heterocycles. The van der Waals surface area contributed by atoms with Gasteiger partial charge in [0.2, 0.25) is 0 Å². The third-order valence-electron chi connectivity index (χ3n) is 7.73. The SMILES string of the molecule is COCC(=O)N1CCCCCCCN(C(=O)c2oc3ccc(OC)cc3c2C)Cc2cc(-c3cccnc3)ccc21. The number of carbonyl (C=O) groups is 2. The highest BCUT2D eigenvalue weighted by molar-refractivity contribution is 5.99. The zero-order valence-corrected chi connectivity index (χ0v) is 24.0. The molecule has 0 fully saturated rings. The molecule has 0 bridgehead atoms. The molecule has 4 aromatic rings. The largest absolute Gasteiger partial charge is 0.497 e. The monoisotopic (exact) mass is 555 g/mol. The minimum absolute atomic E-state index is 0.00587. The van der Waals surface area contributed by atoms with E-state index in [1.807, 2.05) is 65.4 Å². The number of methoxy groups -OCH3 is 2. The van der Waals surface area contributed by atoms with Crippen molar-refractivity contribution < 1.29 is 23.5 Å². The van der Waals surface area contributed by atoms with Gasteiger partial charge in [0.05, 0.1) is 7.11 Å². The summed E-state index contributed by atoms with van der Waals surface area (Å²) in [6.45, 7) is 3.42. The molecule has 8 nitrogen and oxygen atoms in total. The summed E-state index contributed by atoms with van der Waals surface area (Å²) in [6.07, 6.45) is 8.43. The summed E-state index contributed by atoms with van der Waals surface area (Å²) in [5.74, 6) is 0.782. The minimum Gasteiger partial charge on any atom is -0.497 e. The van der Waals surface area contributed by atoms with E-state index in [1.165, 1.54) is 7.11 Å². The van der Waals surface area contributed by atoms with Gasteiger partial charge in [-0.25, -0.2) is 0 Å². The maximum atomic E-state index is 14.1. The van der Waals surface area contributed by atoms with E-state index in [2.05, 4.69) is 11.1 Å². The van der Waals surface area contributed by atoms with Crippen molar-refractivity contribution in [3.05, 3.63) is 77.8 Å². The van der Waals surface area contributed by atoms with Gasteiger partial charge in [-0.15, -0.1) is 0 Å². The molecule has 5 rings (SSSR count). The lowest BCUT2D eigenvalue weighted by atomic mass is 10.0. The van der Waals surface area contributed by atoms with Crippen LogP contribution in [0.3, 0.4) is 0 Å². The average molecular weight is 556 g/mol. The fourth-order valence-electron chi connectivity index (χ4n) is 5.50. The molecular formula is C33H37N3O5. The highest BCUT2D eigenvalue weighted by Crippen LogP contribution is 2.33. The van der Waals surface area contributed by atoms with Crippen molar-refractivity contribution in [2.75, 3.05) is 38.8 Å². The van der Waals surface area contributed by atoms with Crippen molar-refractivity contribution in [2.24, 2.45) is 0 Å². The smallest absolute Gasteiger partial charge is 0.290 e. The zero-order chi connectivity index (χ0) is 28.8. The minimum atomic E-state index is -0.165. The Morgan fingerprint density at radius 2 is 1.76 bits per heavy atom. The first kappa shape index (κ1) is 28.4. The van der Waals surface area contributed by atoms with Crippen LogP contribution in [-0.4, -0.2) is 55.6 Å². The molecule has 0 saturated carbocycles. The Morgan fingerprint density at radius 1 is 0.951 bits per heavy atom. The number of amides is 2. The molecule has 2 amide bonds. The summed E-state index contributed by atoms with van der Waals surface area (Å²) in [7, 11) is 3.16. The molecule has 2 aromatic carbocycles. The zero-order valence-electron chi connectivity index (χ0n) is 24.0. The highest BCUT2D eigenvalue weighted by atomic mass is 16.5. The Bertz CT molecular complexity index is 1510. The number of ether oxygens (including phenoxy) is 2. The molecule has 214 valence electrons. The molecule has 1 aliphatic rings. The summed E-state index contributed by atoms with van der Waals surface area (Å²) in [5.41, 5.74) is 5.07. The van der Waals surface area contributed by atoms with Crippen molar-refractivity contribution in [1.82, 2.24) is 9.88 Å². The maximum Gasteiger partial charge on any atom is 0.290 e. The van der Waals surface area contributed by atoms with E-state index in [1.54, 1.807) is 13.3 Å². The number of furan rings is 1. The second-order valence-corrected chi connectivity index (χ2v) is 10.5. The van der Waals surface area contributed by atoms with Gasteiger partial charge < -0.3 is 23.7 Å². The number of carbonyl (C=O) groups excluding carboxylic acids is 2. The number of nitrogens with zero attached hydrogens (tertiary/aromatic N) is 3. The van der Waals surface area contributed by atoms with E-state index in [-0.39, 0.29) is 18.4 Å². The van der Waals surface area contributed by atoms with Crippen LogP contribution in [0.4, 0.5) is 5.69 Å². The van der Waals surface area contributed by atoms with E-state index < -0.39 is 0 Å². The van der Waals surface area contributed by atoms with Crippen LogP contribution in [-0.2, 0) is 16.1 Å². The molecule has 1 aliphatic heterocycles. The summed E-state index contributed by atoms with van der Waals surface area (Å²) in [4.78, 5) is 35.3. The van der Waals surface area contributed by atoms with Crippen LogP contribution in [0.1, 0.15) is 53.8 Å². The Morgan fingerprint density at radius 3 is 2.51 bits per heavy atom. The van der Waals surface area contributed by atoms with Crippen molar-refractivity contribution in [2.45, 2.75) is 45.6 Å². The lowest BCUT2D eigenvalue weighted by molar-refractivity contribution is -0.122. The maximum absolute atomic E-state index is 14.1. The van der Waals surface area contributed by atoms with Gasteiger partial charge in [0.25, 0.3) is 11.8 Å². The molecule has 41 heavy (non-hydrogen) atoms. The van der Waals surface area contributed by atoms with Gasteiger partial charge >= 0.3 is 0 Å². The van der Waals surface area contributed by atoms with Crippen molar-refractivity contribution in [3.63, 3.8) is 0 Å². The number of rotatable bonds is 5. The first-order valence-corrected chi connectivity index (χ1v) is 14.2. The van der Waals surface area contributed by atoms with Gasteiger partial charge in [0, 0.05) is 55.8 Å². The summed E-state index contributed by atoms with van der Waals surface area (Å²) in [6, 6.07) is 15.5. The quantitative estimate of drug-likeness (QED) is 0.283. The van der Waals surface area contributed by atoms with E-state index in [0.717, 1.165) is 65.4 Å². The summed E-state index contributed by atoms with van der Waals surface area (Å²) >= 11 is 0. The highest BCUT2D eigenvalue weighted by Gasteiger charge is 2.27. The Kier molecular flexibility index (Phi) is 8.99. The standard InChI is InChI=1S/C33H37N3O5/c1-23-28-19-27(40-3)12-14-30(28)41-32(23)33(38)35-16-7-5-4-6-8-17-36(31(37)22-39-2)29-13-11-24(18-26(29)21-35)25-10-9-15-34-20-25/h9-15,18-20H,4-8,16-17,21-22H2,1-3H3. The average Bonchev–Trinajstić information content (AvgIpc) is 3.32. The van der Waals surface area contributed by atoms with Gasteiger partial charge in [-0.05, 0) is 72.9 Å². The molecule has 0 unspecified atom stereocenters. The number of aryl methyl sites for hydroxylation is 1. The van der Waals surface area contributed by atoms with Crippen LogP contribution in [0.15, 0.2) is 65.3 Å². The fraction of sp³-hybridized carbons (Fsp3) is 0.364. The van der Waals surface area contributed by atoms with E-state index >= 15 is 0 Å². The summed E-state index contributed by atoms with van der Waals surface area (Å²) < 4.78 is 16.7. The molecule has 0 atom stereocenters. The van der Waals surface area contributed by atoms with Crippen molar-refractivity contribution in [1.29, 1.82) is 0 Å². The Hall–Kier alpha value is -4.17. The molecule has 3 heterocycles. The van der Waals surface area contributed by atoms with Crippen LogP contribution in [0.5, 0.6) is 5.75 Å². The molecule has 0 spiro atoms. The lowest BCUT2D eigenvalue weighted by Crippen LogP contribution is -2.37. The molecule has 2 aromatic heterocycles. The third-order valence-corrected chi connectivity index (χ3v) is 7.73. The number of hydrogen-bond acceptors (Lipinski definition) is 6. The number of anilines is 1. The van der Waals surface area contributed by atoms with Crippen molar-refractivity contribution >= 4 is 28.5 Å². The van der Waals surface area contributed by atoms with Crippen LogP contribution < -0.4 is 9.64 Å². The van der Waals surface area contributed by atoms with Crippen LogP contribution >= 0.6 is 0 Å². The first-order valence-electron chi connectivity index (χ1n) is 14.2. The van der Waals surface area contributed by atoms with Crippen molar-refractivity contribution in [3.8, 4) is 16.9 Å². The predicted molar refractivity (Wildman–Crippen MR) is 159 cm³/mol. The fourth-order valence-corrected chi connectivity index (χ4v) is 5.50. The lowest BCUT2D eigenvalue weighted by Gasteiger charge is -2.29. The second-order valence-electron chi connectivity index (χ2n) is 10.5. The summed E-state index contributed by atoms with van der Waals surface area (Å²) in [5, 5.41) is 0.859.